The number of aryl methyl sites for hydroxylation is 2. The normalized spacial score (nSPS) is 16.7. The number of likely N-dealkylation sites (tertiary alicyclic amines) is 1. The number of thiazole rings is 1. The fourth-order valence-electron chi connectivity index (χ4n) is 5.47. The van der Waals surface area contributed by atoms with Gasteiger partial charge in [-0.05, 0) is 43.0 Å². The van der Waals surface area contributed by atoms with Gasteiger partial charge in [-0.15, -0.1) is 11.3 Å². The molecule has 5 rings (SSSR count). The van der Waals surface area contributed by atoms with Crippen molar-refractivity contribution in [3.8, 4) is 0 Å². The van der Waals surface area contributed by atoms with Crippen LogP contribution in [-0.2, 0) is 34.2 Å². The Kier molecular flexibility index (Phi) is 8.91. The largest absolute Gasteiger partial charge is 0.481 e. The number of nitrogens with zero attached hydrogens (tertiary/aromatic N) is 3. The fourth-order valence-corrected chi connectivity index (χ4v) is 6.75. The summed E-state index contributed by atoms with van der Waals surface area (Å²) >= 11 is 7.86. The molecule has 0 aliphatic carbocycles. The number of carboxylic acids is 1. The van der Waals surface area contributed by atoms with E-state index in [1.54, 1.807) is 24.4 Å². The molecule has 2 aromatic heterocycles. The number of halogens is 2. The average Bonchev–Trinajstić information content (AvgIpc) is 3.68. The zero-order valence-corrected chi connectivity index (χ0v) is 24.7. The lowest BCUT2D eigenvalue weighted by atomic mass is 10.1. The zero-order valence-electron chi connectivity index (χ0n) is 23.1. The van der Waals surface area contributed by atoms with Gasteiger partial charge in [0.25, 0.3) is 5.91 Å². The Hall–Kier alpha value is -3.80. The molecule has 0 saturated carbocycles. The molecule has 42 heavy (non-hydrogen) atoms. The van der Waals surface area contributed by atoms with Crippen molar-refractivity contribution in [1.82, 2.24) is 14.5 Å². The van der Waals surface area contributed by atoms with Gasteiger partial charge in [0.1, 0.15) is 10.8 Å². The molecule has 1 aliphatic heterocycles. The van der Waals surface area contributed by atoms with Crippen molar-refractivity contribution < 1.29 is 28.6 Å². The Bertz CT molecular complexity index is 1650. The summed E-state index contributed by atoms with van der Waals surface area (Å²) in [6, 6.07) is 9.44. The first-order chi connectivity index (χ1) is 20.2. The van der Waals surface area contributed by atoms with Gasteiger partial charge in [-0.25, -0.2) is 9.37 Å². The van der Waals surface area contributed by atoms with Crippen molar-refractivity contribution in [3.63, 3.8) is 0 Å². The Labute approximate surface area is 250 Å². The smallest absolute Gasteiger partial charge is 0.303 e. The Balaban J connectivity index is 1.33. The van der Waals surface area contributed by atoms with Crippen LogP contribution in [0.1, 0.15) is 51.1 Å². The van der Waals surface area contributed by atoms with Crippen LogP contribution >= 0.6 is 22.9 Å². The highest BCUT2D eigenvalue weighted by molar-refractivity contribution is 7.11. The number of rotatable bonds is 10. The van der Waals surface area contributed by atoms with Crippen molar-refractivity contribution >= 4 is 57.3 Å². The Morgan fingerprint density at radius 1 is 1.24 bits per heavy atom. The topological polar surface area (TPSA) is 114 Å². The van der Waals surface area contributed by atoms with Crippen LogP contribution in [0, 0.1) is 5.82 Å². The second kappa shape index (κ2) is 12.6. The first-order valence-corrected chi connectivity index (χ1v) is 14.7. The highest BCUT2D eigenvalue weighted by Gasteiger charge is 2.39. The molecular weight excluding hydrogens is 583 g/mol. The van der Waals surface area contributed by atoms with Crippen LogP contribution in [0.5, 0.6) is 0 Å². The number of carbonyl (C=O) groups is 3. The summed E-state index contributed by atoms with van der Waals surface area (Å²) < 4.78 is 22.5. The van der Waals surface area contributed by atoms with E-state index >= 15 is 4.39 Å². The molecule has 0 radical (unpaired) electrons. The van der Waals surface area contributed by atoms with E-state index in [-0.39, 0.29) is 47.1 Å². The van der Waals surface area contributed by atoms with Gasteiger partial charge in [-0.3, -0.25) is 14.4 Å². The van der Waals surface area contributed by atoms with Gasteiger partial charge < -0.3 is 24.6 Å². The molecule has 12 heteroatoms. The highest BCUT2D eigenvalue weighted by Crippen LogP contribution is 2.39. The molecule has 1 fully saturated rings. The minimum absolute atomic E-state index is 0.000327. The van der Waals surface area contributed by atoms with E-state index < -0.39 is 17.7 Å². The maximum absolute atomic E-state index is 15.3. The number of fused-ring (bicyclic) bond motifs is 1. The Morgan fingerprint density at radius 3 is 2.79 bits per heavy atom. The van der Waals surface area contributed by atoms with E-state index in [9.17, 15) is 14.4 Å². The van der Waals surface area contributed by atoms with Crippen molar-refractivity contribution in [2.45, 2.75) is 44.2 Å². The lowest BCUT2D eigenvalue weighted by Gasteiger charge is -2.29. The maximum atomic E-state index is 15.3. The van der Waals surface area contributed by atoms with Crippen LogP contribution in [0.15, 0.2) is 48.8 Å². The van der Waals surface area contributed by atoms with Crippen molar-refractivity contribution in [2.75, 3.05) is 19.0 Å². The molecule has 1 aliphatic rings. The molecule has 0 spiro atoms. The molecule has 2 amide bonds. The molecule has 0 unspecified atom stereocenters. The third-order valence-corrected chi connectivity index (χ3v) is 8.93. The van der Waals surface area contributed by atoms with E-state index in [0.717, 1.165) is 21.8 Å². The van der Waals surface area contributed by atoms with Gasteiger partial charge in [-0.2, -0.15) is 0 Å². The first-order valence-electron chi connectivity index (χ1n) is 13.5. The molecule has 2 aromatic carbocycles. The molecule has 2 atom stereocenters. The number of carbonyl (C=O) groups excluding carboxylic acids is 2. The van der Waals surface area contributed by atoms with Crippen LogP contribution in [0.25, 0.3) is 10.9 Å². The predicted molar refractivity (Wildman–Crippen MR) is 159 cm³/mol. The van der Waals surface area contributed by atoms with Crippen LogP contribution < -0.4 is 5.32 Å². The number of anilines is 1. The number of hydrogen-bond acceptors (Lipinski definition) is 6. The van der Waals surface area contributed by atoms with Gasteiger partial charge >= 0.3 is 5.97 Å². The molecular formula is C30H30ClFN4O5S. The molecule has 1 saturated heterocycles. The molecule has 4 aromatic rings. The third kappa shape index (κ3) is 6.18. The molecule has 2 N–H and O–H groups in total. The van der Waals surface area contributed by atoms with E-state index in [1.165, 1.54) is 17.4 Å². The number of aliphatic carboxylic acids is 1. The SMILES string of the molecule is COC[C@@H]1CC[C@@H](c2ncc(CCC(=O)O)s2)N1C(=O)Cc1cc(Cl)c(NC(=O)c2cn(C)c3ccccc23)cc1F. The Morgan fingerprint density at radius 2 is 2.02 bits per heavy atom. The third-order valence-electron chi connectivity index (χ3n) is 7.46. The minimum Gasteiger partial charge on any atom is -0.481 e. The maximum Gasteiger partial charge on any atom is 0.303 e. The van der Waals surface area contributed by atoms with Crippen LogP contribution in [0.4, 0.5) is 10.1 Å². The molecule has 3 heterocycles. The van der Waals surface area contributed by atoms with Gasteiger partial charge in [-0.1, -0.05) is 29.8 Å². The van der Waals surface area contributed by atoms with E-state index in [2.05, 4.69) is 10.3 Å². The van der Waals surface area contributed by atoms with Gasteiger partial charge in [0.15, 0.2) is 0 Å². The number of ether oxygens (including phenoxy) is 1. The fraction of sp³-hybridized carbons (Fsp3) is 0.333. The van der Waals surface area contributed by atoms with Crippen LogP contribution in [0.2, 0.25) is 5.02 Å². The lowest BCUT2D eigenvalue weighted by molar-refractivity contribution is -0.137. The van der Waals surface area contributed by atoms with Crippen molar-refractivity contribution in [3.05, 3.63) is 80.6 Å². The average molecular weight is 613 g/mol. The molecule has 220 valence electrons. The molecule has 0 bridgehead atoms. The summed E-state index contributed by atoms with van der Waals surface area (Å²) in [5, 5.41) is 13.3. The number of para-hydroxylation sites is 1. The number of methoxy groups -OCH3 is 1. The van der Waals surface area contributed by atoms with Gasteiger partial charge in [0.05, 0.1) is 47.8 Å². The second-order valence-corrected chi connectivity index (χ2v) is 11.8. The van der Waals surface area contributed by atoms with Crippen molar-refractivity contribution in [2.24, 2.45) is 7.05 Å². The number of hydrogen-bond donors (Lipinski definition) is 2. The second-order valence-electron chi connectivity index (χ2n) is 10.3. The summed E-state index contributed by atoms with van der Waals surface area (Å²) in [6.07, 6.45) is 4.83. The number of nitrogens with one attached hydrogen (secondary N) is 1. The quantitative estimate of drug-likeness (QED) is 0.240. The summed E-state index contributed by atoms with van der Waals surface area (Å²) in [4.78, 5) is 44.7. The number of carboxylic acid groups (broad SMARTS) is 1. The predicted octanol–water partition coefficient (Wildman–Crippen LogP) is 5.62. The summed E-state index contributed by atoms with van der Waals surface area (Å²) in [5.41, 5.74) is 1.53. The summed E-state index contributed by atoms with van der Waals surface area (Å²) in [7, 11) is 3.40. The van der Waals surface area contributed by atoms with E-state index in [4.69, 9.17) is 21.4 Å². The van der Waals surface area contributed by atoms with Gasteiger partial charge in [0.2, 0.25) is 5.91 Å². The standard InChI is InChI=1S/C30H30ClFN4O5S/c1-35-15-21(20-5-3-4-6-25(20)35)29(40)34-24-13-23(32)17(11-22(24)31)12-27(37)36-18(16-41-2)7-9-26(36)30-33-14-19(42-30)8-10-28(38)39/h3-6,11,13-15,18,26H,7-10,12,16H2,1-2H3,(H,34,40)(H,38,39)/t18-,26-/m0/s1. The number of benzene rings is 2. The molecule has 9 nitrogen and oxygen atoms in total. The van der Waals surface area contributed by atoms with E-state index in [1.807, 2.05) is 35.9 Å². The van der Waals surface area contributed by atoms with Crippen LogP contribution in [0.3, 0.4) is 0 Å². The van der Waals surface area contributed by atoms with Gasteiger partial charge in [0, 0.05) is 42.3 Å². The number of amides is 2. The number of aromatic nitrogens is 2. The minimum atomic E-state index is -0.886. The van der Waals surface area contributed by atoms with Crippen molar-refractivity contribution in [1.29, 1.82) is 0 Å². The zero-order chi connectivity index (χ0) is 30.0. The lowest BCUT2D eigenvalue weighted by Crippen LogP contribution is -2.40. The monoisotopic (exact) mass is 612 g/mol. The van der Waals surface area contributed by atoms with E-state index in [0.29, 0.717) is 36.4 Å². The highest BCUT2D eigenvalue weighted by atomic mass is 35.5. The van der Waals surface area contributed by atoms with Crippen LogP contribution in [-0.4, -0.2) is 57.1 Å². The first kappa shape index (κ1) is 29.7. The summed E-state index contributed by atoms with van der Waals surface area (Å²) in [6.45, 7) is 0.321. The summed E-state index contributed by atoms with van der Waals surface area (Å²) in [5.74, 6) is -2.28.